The lowest BCUT2D eigenvalue weighted by atomic mass is 10.00. The van der Waals surface area contributed by atoms with Crippen LogP contribution in [0.5, 0.6) is 0 Å². The summed E-state index contributed by atoms with van der Waals surface area (Å²) in [7, 11) is 0. The number of halogens is 1. The van der Waals surface area contributed by atoms with E-state index in [0.717, 1.165) is 30.8 Å². The van der Waals surface area contributed by atoms with E-state index in [0.29, 0.717) is 12.5 Å². The number of aliphatic hydroxyl groups is 1. The summed E-state index contributed by atoms with van der Waals surface area (Å²) in [5, 5.41) is 20.9. The van der Waals surface area contributed by atoms with Gasteiger partial charge in [-0.05, 0) is 48.4 Å². The Balaban J connectivity index is 0.00000288. The van der Waals surface area contributed by atoms with Crippen molar-refractivity contribution < 1.29 is 5.11 Å². The Bertz CT molecular complexity index is 602. The lowest BCUT2D eigenvalue weighted by Gasteiger charge is -2.21. The Morgan fingerprint density at radius 2 is 2.17 bits per heavy atom. The van der Waals surface area contributed by atoms with Gasteiger partial charge in [-0.15, -0.1) is 24.0 Å². The van der Waals surface area contributed by atoms with Gasteiger partial charge in [-0.1, -0.05) is 6.07 Å². The smallest absolute Gasteiger partial charge is 0.191 e. The largest absolute Gasteiger partial charge is 0.383 e. The fraction of sp³-hybridized carbons (Fsp3) is 0.412. The van der Waals surface area contributed by atoms with Crippen molar-refractivity contribution in [2.75, 3.05) is 19.6 Å². The first-order chi connectivity index (χ1) is 11.1. The van der Waals surface area contributed by atoms with Crippen molar-refractivity contribution in [3.8, 4) is 0 Å². The maximum Gasteiger partial charge on any atom is 0.191 e. The molecule has 0 spiro atoms. The Hall–Kier alpha value is -1.19. The number of rotatable bonds is 7. The van der Waals surface area contributed by atoms with Crippen molar-refractivity contribution in [1.82, 2.24) is 15.6 Å². The number of thiophene rings is 1. The highest BCUT2D eigenvalue weighted by Crippen LogP contribution is 2.23. The van der Waals surface area contributed by atoms with Crippen molar-refractivity contribution >= 4 is 41.3 Å². The van der Waals surface area contributed by atoms with E-state index in [1.807, 2.05) is 41.9 Å². The molecular weight excluding hydrogens is 435 g/mol. The van der Waals surface area contributed by atoms with Crippen LogP contribution in [0.25, 0.3) is 0 Å². The van der Waals surface area contributed by atoms with Gasteiger partial charge in [-0.3, -0.25) is 4.98 Å². The van der Waals surface area contributed by atoms with Crippen LogP contribution in [0.15, 0.2) is 46.2 Å². The van der Waals surface area contributed by atoms with Gasteiger partial charge in [0.25, 0.3) is 0 Å². The van der Waals surface area contributed by atoms with Crippen LogP contribution in [0.2, 0.25) is 0 Å². The normalized spacial score (nSPS) is 13.7. The highest BCUT2D eigenvalue weighted by Gasteiger charge is 2.23. The zero-order chi connectivity index (χ0) is 16.5. The van der Waals surface area contributed by atoms with Crippen LogP contribution in [0.1, 0.15) is 25.1 Å². The van der Waals surface area contributed by atoms with E-state index in [1.165, 1.54) is 0 Å². The zero-order valence-electron chi connectivity index (χ0n) is 14.0. The highest BCUT2D eigenvalue weighted by atomic mass is 127. The number of guanidine groups is 1. The first kappa shape index (κ1) is 20.9. The quantitative estimate of drug-likeness (QED) is 0.338. The molecule has 0 aromatic carbocycles. The Morgan fingerprint density at radius 1 is 1.33 bits per heavy atom. The lowest BCUT2D eigenvalue weighted by Crippen LogP contribution is -2.39. The van der Waals surface area contributed by atoms with Crippen LogP contribution in [0.3, 0.4) is 0 Å². The predicted molar refractivity (Wildman–Crippen MR) is 111 cm³/mol. The fourth-order valence-electron chi connectivity index (χ4n) is 2.09. The summed E-state index contributed by atoms with van der Waals surface area (Å²) in [5.74, 6) is 0.707. The second kappa shape index (κ2) is 10.6. The van der Waals surface area contributed by atoms with Crippen molar-refractivity contribution in [2.45, 2.75) is 25.9 Å². The molecule has 0 radical (unpaired) electrons. The van der Waals surface area contributed by atoms with Crippen LogP contribution in [-0.2, 0) is 12.0 Å². The number of nitrogens with zero attached hydrogens (tertiary/aromatic N) is 2. The van der Waals surface area contributed by atoms with E-state index in [9.17, 15) is 5.11 Å². The summed E-state index contributed by atoms with van der Waals surface area (Å²) in [4.78, 5) is 8.80. The molecule has 0 aliphatic rings. The summed E-state index contributed by atoms with van der Waals surface area (Å²) in [5.41, 5.74) is 0.986. The van der Waals surface area contributed by atoms with E-state index >= 15 is 0 Å². The predicted octanol–water partition coefficient (Wildman–Crippen LogP) is 2.77. The van der Waals surface area contributed by atoms with Gasteiger partial charge in [0.2, 0.25) is 0 Å². The molecular formula is C17H25IN4OS. The van der Waals surface area contributed by atoms with E-state index in [-0.39, 0.29) is 24.0 Å². The van der Waals surface area contributed by atoms with Gasteiger partial charge in [0.1, 0.15) is 5.60 Å². The third-order valence-corrected chi connectivity index (χ3v) is 4.12. The van der Waals surface area contributed by atoms with Gasteiger partial charge in [-0.25, -0.2) is 4.99 Å². The van der Waals surface area contributed by atoms with Crippen molar-refractivity contribution in [2.24, 2.45) is 4.99 Å². The summed E-state index contributed by atoms with van der Waals surface area (Å²) < 4.78 is 0. The Morgan fingerprint density at radius 3 is 2.79 bits per heavy atom. The lowest BCUT2D eigenvalue weighted by molar-refractivity contribution is 0.0677. The molecule has 0 saturated heterocycles. The van der Waals surface area contributed by atoms with Crippen molar-refractivity contribution in [3.05, 3.63) is 52.5 Å². The molecule has 3 N–H and O–H groups in total. The third-order valence-electron chi connectivity index (χ3n) is 3.43. The minimum atomic E-state index is -0.955. The van der Waals surface area contributed by atoms with Gasteiger partial charge in [0, 0.05) is 31.4 Å². The molecule has 2 heterocycles. The van der Waals surface area contributed by atoms with Crippen LogP contribution >= 0.6 is 35.3 Å². The number of hydrogen-bond donors (Lipinski definition) is 3. The van der Waals surface area contributed by atoms with E-state index in [4.69, 9.17) is 0 Å². The van der Waals surface area contributed by atoms with Gasteiger partial charge in [0.05, 0.1) is 6.54 Å². The van der Waals surface area contributed by atoms with Gasteiger partial charge >= 0.3 is 0 Å². The van der Waals surface area contributed by atoms with Crippen LogP contribution in [0, 0.1) is 0 Å². The number of nitrogens with one attached hydrogen (secondary N) is 2. The molecule has 2 rings (SSSR count). The molecule has 0 bridgehead atoms. The minimum absolute atomic E-state index is 0. The van der Waals surface area contributed by atoms with E-state index in [2.05, 4.69) is 20.6 Å². The average molecular weight is 460 g/mol. The summed E-state index contributed by atoms with van der Waals surface area (Å²) >= 11 is 1.58. The third kappa shape index (κ3) is 6.74. The first-order valence-corrected chi connectivity index (χ1v) is 8.73. The fourth-order valence-corrected chi connectivity index (χ4v) is 2.87. The molecule has 1 unspecified atom stereocenters. The molecule has 0 aliphatic carbocycles. The molecule has 0 amide bonds. The van der Waals surface area contributed by atoms with Gasteiger partial charge in [-0.2, -0.15) is 11.3 Å². The topological polar surface area (TPSA) is 69.5 Å². The average Bonchev–Trinajstić information content (AvgIpc) is 3.09. The van der Waals surface area contributed by atoms with E-state index < -0.39 is 5.60 Å². The molecule has 132 valence electrons. The van der Waals surface area contributed by atoms with Crippen molar-refractivity contribution in [1.29, 1.82) is 0 Å². The molecule has 0 fully saturated rings. The molecule has 24 heavy (non-hydrogen) atoms. The second-order valence-corrected chi connectivity index (χ2v) is 6.26. The van der Waals surface area contributed by atoms with Gasteiger partial charge < -0.3 is 15.7 Å². The monoisotopic (exact) mass is 460 g/mol. The van der Waals surface area contributed by atoms with Crippen LogP contribution in [0.4, 0.5) is 0 Å². The molecule has 5 nitrogen and oxygen atoms in total. The second-order valence-electron chi connectivity index (χ2n) is 5.48. The van der Waals surface area contributed by atoms with Crippen LogP contribution in [-0.4, -0.2) is 35.7 Å². The van der Waals surface area contributed by atoms with Gasteiger partial charge in [0.15, 0.2) is 5.96 Å². The Labute approximate surface area is 164 Å². The van der Waals surface area contributed by atoms with E-state index in [1.54, 1.807) is 24.5 Å². The zero-order valence-corrected chi connectivity index (χ0v) is 17.2. The highest BCUT2D eigenvalue weighted by molar-refractivity contribution is 14.0. The molecule has 0 aliphatic heterocycles. The molecule has 2 aromatic heterocycles. The van der Waals surface area contributed by atoms with Crippen LogP contribution < -0.4 is 10.6 Å². The molecule has 2 aromatic rings. The first-order valence-electron chi connectivity index (χ1n) is 7.79. The molecule has 1 atom stereocenters. The molecule has 7 heteroatoms. The number of aliphatic imine (C=N–C) groups is 1. The van der Waals surface area contributed by atoms with Crippen molar-refractivity contribution in [3.63, 3.8) is 0 Å². The maximum absolute atomic E-state index is 10.5. The standard InChI is InChI=1S/C17H24N4OS.HI/c1-3-18-16(20-10-7-15-6-4-5-9-19-15)21-13-17(2,22)14-8-11-23-12-14;/h4-6,8-9,11-12,22H,3,7,10,13H2,1-2H3,(H2,18,20,21);1H. The Kier molecular flexibility index (Phi) is 9.24. The molecule has 0 saturated carbocycles. The number of aromatic nitrogens is 1. The maximum atomic E-state index is 10.5. The SMILES string of the molecule is CCNC(=NCC(C)(O)c1ccsc1)NCCc1ccccn1.I. The number of pyridine rings is 1. The summed E-state index contributed by atoms with van der Waals surface area (Å²) in [6.07, 6.45) is 2.62. The summed E-state index contributed by atoms with van der Waals surface area (Å²) in [6, 6.07) is 7.84. The summed E-state index contributed by atoms with van der Waals surface area (Å²) in [6.45, 7) is 5.63. The minimum Gasteiger partial charge on any atom is -0.383 e. The number of hydrogen-bond acceptors (Lipinski definition) is 4.